The monoisotopic (exact) mass is 255 g/mol. The minimum atomic E-state index is 0.480. The molecule has 2 aromatic heterocycles. The molecule has 0 aliphatic rings. The van der Waals surface area contributed by atoms with Gasteiger partial charge in [-0.15, -0.1) is 0 Å². The lowest BCUT2D eigenvalue weighted by molar-refractivity contribution is 1.13. The lowest BCUT2D eigenvalue weighted by atomic mass is 10.0. The van der Waals surface area contributed by atoms with Crippen LogP contribution in [0.15, 0.2) is 43.0 Å². The lowest BCUT2D eigenvalue weighted by Crippen LogP contribution is -1.93. The molecule has 0 fully saturated rings. The Morgan fingerprint density at radius 3 is 2.78 bits per heavy atom. The molecule has 2 heterocycles. The molecule has 0 N–H and O–H groups in total. The zero-order valence-corrected chi connectivity index (χ0v) is 10.5. The molecule has 0 bridgehead atoms. The average molecular weight is 256 g/mol. The van der Waals surface area contributed by atoms with Gasteiger partial charge in [0.05, 0.1) is 5.69 Å². The Hall–Kier alpha value is -2.00. The molecule has 0 radical (unpaired) electrons. The van der Waals surface area contributed by atoms with E-state index in [2.05, 4.69) is 21.0 Å². The molecule has 0 spiro atoms. The van der Waals surface area contributed by atoms with Crippen LogP contribution in [0.1, 0.15) is 5.56 Å². The topological polar surface area (TPSA) is 38.7 Å². The molecule has 0 aliphatic heterocycles. The quantitative estimate of drug-likeness (QED) is 0.623. The molecule has 4 heteroatoms. The molecule has 18 heavy (non-hydrogen) atoms. The van der Waals surface area contributed by atoms with E-state index in [1.54, 1.807) is 0 Å². The first-order valence-electron chi connectivity index (χ1n) is 5.57. The molecular formula is C14H10ClN3. The third-order valence-corrected chi connectivity index (χ3v) is 3.33. The highest BCUT2D eigenvalue weighted by molar-refractivity contribution is 6.30. The van der Waals surface area contributed by atoms with Gasteiger partial charge < -0.3 is 0 Å². The van der Waals surface area contributed by atoms with Crippen molar-refractivity contribution in [3.05, 3.63) is 53.7 Å². The maximum Gasteiger partial charge on any atom is 0.135 e. The van der Waals surface area contributed by atoms with Gasteiger partial charge in [0.15, 0.2) is 0 Å². The number of fused-ring (bicyclic) bond motifs is 1. The minimum absolute atomic E-state index is 0.480. The van der Waals surface area contributed by atoms with E-state index in [4.69, 9.17) is 11.6 Å². The van der Waals surface area contributed by atoms with Crippen LogP contribution in [0.25, 0.3) is 22.0 Å². The standard InChI is InChI=1S/C14H10ClN3/c1-9-13(17-8-18-14(9)15)12-7-16-6-10-4-2-3-5-11(10)12/h2-8H,1H3. The summed E-state index contributed by atoms with van der Waals surface area (Å²) in [7, 11) is 0. The van der Waals surface area contributed by atoms with E-state index in [0.29, 0.717) is 5.15 Å². The molecule has 0 atom stereocenters. The van der Waals surface area contributed by atoms with Crippen molar-refractivity contribution < 1.29 is 0 Å². The van der Waals surface area contributed by atoms with Crippen molar-refractivity contribution in [1.29, 1.82) is 0 Å². The van der Waals surface area contributed by atoms with Crippen LogP contribution in [0, 0.1) is 6.92 Å². The molecule has 0 amide bonds. The molecule has 0 unspecified atom stereocenters. The van der Waals surface area contributed by atoms with Crippen molar-refractivity contribution >= 4 is 22.4 Å². The van der Waals surface area contributed by atoms with Crippen LogP contribution in [-0.2, 0) is 0 Å². The summed E-state index contributed by atoms with van der Waals surface area (Å²) in [6.45, 7) is 1.92. The number of nitrogens with zero attached hydrogens (tertiary/aromatic N) is 3. The fraction of sp³-hybridized carbons (Fsp3) is 0.0714. The summed E-state index contributed by atoms with van der Waals surface area (Å²) in [5.41, 5.74) is 2.69. The molecule has 0 aliphatic carbocycles. The number of benzene rings is 1. The first-order valence-corrected chi connectivity index (χ1v) is 5.95. The molecule has 0 saturated carbocycles. The molecule has 0 saturated heterocycles. The van der Waals surface area contributed by atoms with Crippen LogP contribution in [0.2, 0.25) is 5.15 Å². The van der Waals surface area contributed by atoms with E-state index >= 15 is 0 Å². The van der Waals surface area contributed by atoms with Gasteiger partial charge in [0.1, 0.15) is 11.5 Å². The van der Waals surface area contributed by atoms with E-state index in [1.165, 1.54) is 6.33 Å². The largest absolute Gasteiger partial charge is 0.263 e. The summed E-state index contributed by atoms with van der Waals surface area (Å²) in [6.07, 6.45) is 5.14. The lowest BCUT2D eigenvalue weighted by Gasteiger charge is -2.08. The Bertz CT molecular complexity index is 720. The predicted octanol–water partition coefficient (Wildman–Crippen LogP) is 3.65. The number of rotatable bonds is 1. The Morgan fingerprint density at radius 2 is 1.89 bits per heavy atom. The van der Waals surface area contributed by atoms with Gasteiger partial charge in [-0.25, -0.2) is 9.97 Å². The molecule has 3 nitrogen and oxygen atoms in total. The summed E-state index contributed by atoms with van der Waals surface area (Å²) in [5.74, 6) is 0. The second kappa shape index (κ2) is 4.35. The third kappa shape index (κ3) is 1.73. The van der Waals surface area contributed by atoms with Gasteiger partial charge in [-0.3, -0.25) is 4.98 Å². The van der Waals surface area contributed by atoms with Crippen molar-refractivity contribution in [2.24, 2.45) is 0 Å². The van der Waals surface area contributed by atoms with Crippen LogP contribution in [0.3, 0.4) is 0 Å². The Kier molecular flexibility index (Phi) is 2.68. The van der Waals surface area contributed by atoms with Crippen molar-refractivity contribution in [2.45, 2.75) is 6.92 Å². The SMILES string of the molecule is Cc1c(Cl)ncnc1-c1cncc2ccccc12. The van der Waals surface area contributed by atoms with Crippen molar-refractivity contribution in [3.63, 3.8) is 0 Å². The first kappa shape index (κ1) is 11.1. The number of hydrogen-bond donors (Lipinski definition) is 0. The highest BCUT2D eigenvalue weighted by Gasteiger charge is 2.10. The van der Waals surface area contributed by atoms with E-state index in [9.17, 15) is 0 Å². The van der Waals surface area contributed by atoms with Crippen molar-refractivity contribution in [1.82, 2.24) is 15.0 Å². The number of halogens is 1. The summed E-state index contributed by atoms with van der Waals surface area (Å²) in [5, 5.41) is 2.68. The normalized spacial score (nSPS) is 10.8. The van der Waals surface area contributed by atoms with Gasteiger partial charge in [-0.1, -0.05) is 35.9 Å². The highest BCUT2D eigenvalue weighted by atomic mass is 35.5. The van der Waals surface area contributed by atoms with Gasteiger partial charge >= 0.3 is 0 Å². The summed E-state index contributed by atoms with van der Waals surface area (Å²) >= 11 is 6.04. The fourth-order valence-electron chi connectivity index (χ4n) is 2.01. The molecule has 88 valence electrons. The van der Waals surface area contributed by atoms with Crippen LogP contribution in [0.4, 0.5) is 0 Å². The maximum atomic E-state index is 6.04. The number of aromatic nitrogens is 3. The molecular weight excluding hydrogens is 246 g/mol. The van der Waals surface area contributed by atoms with Gasteiger partial charge in [-0.05, 0) is 12.3 Å². The Labute approximate surface area is 109 Å². The molecule has 3 rings (SSSR count). The van der Waals surface area contributed by atoms with Gasteiger partial charge in [0.25, 0.3) is 0 Å². The third-order valence-electron chi connectivity index (χ3n) is 2.95. The Balaban J connectivity index is 2.35. The second-order valence-corrected chi connectivity index (χ2v) is 4.40. The van der Waals surface area contributed by atoms with E-state index in [0.717, 1.165) is 27.6 Å². The van der Waals surface area contributed by atoms with E-state index in [1.807, 2.05) is 37.5 Å². The van der Waals surface area contributed by atoms with Crippen molar-refractivity contribution in [3.8, 4) is 11.3 Å². The average Bonchev–Trinajstić information content (AvgIpc) is 2.41. The maximum absolute atomic E-state index is 6.04. The highest BCUT2D eigenvalue weighted by Crippen LogP contribution is 2.29. The van der Waals surface area contributed by atoms with Crippen LogP contribution >= 0.6 is 11.6 Å². The number of hydrogen-bond acceptors (Lipinski definition) is 3. The van der Waals surface area contributed by atoms with Gasteiger partial charge in [0.2, 0.25) is 0 Å². The minimum Gasteiger partial charge on any atom is -0.263 e. The zero-order valence-electron chi connectivity index (χ0n) is 9.76. The summed E-state index contributed by atoms with van der Waals surface area (Å²) in [6, 6.07) is 8.09. The Morgan fingerprint density at radius 1 is 1.06 bits per heavy atom. The molecule has 1 aromatic carbocycles. The fourth-order valence-corrected chi connectivity index (χ4v) is 2.14. The predicted molar refractivity (Wildman–Crippen MR) is 72.5 cm³/mol. The van der Waals surface area contributed by atoms with E-state index < -0.39 is 0 Å². The van der Waals surface area contributed by atoms with Crippen LogP contribution < -0.4 is 0 Å². The second-order valence-electron chi connectivity index (χ2n) is 4.05. The van der Waals surface area contributed by atoms with Gasteiger partial charge in [0, 0.05) is 28.9 Å². The zero-order chi connectivity index (χ0) is 12.5. The van der Waals surface area contributed by atoms with Crippen LogP contribution in [-0.4, -0.2) is 15.0 Å². The van der Waals surface area contributed by atoms with Crippen molar-refractivity contribution in [2.75, 3.05) is 0 Å². The summed E-state index contributed by atoms with van der Waals surface area (Å²) < 4.78 is 0. The van der Waals surface area contributed by atoms with Gasteiger partial charge in [-0.2, -0.15) is 0 Å². The number of pyridine rings is 1. The first-order chi connectivity index (χ1) is 8.77. The summed E-state index contributed by atoms with van der Waals surface area (Å²) in [4.78, 5) is 12.6. The molecule has 3 aromatic rings. The smallest absolute Gasteiger partial charge is 0.135 e. The van der Waals surface area contributed by atoms with E-state index in [-0.39, 0.29) is 0 Å². The van der Waals surface area contributed by atoms with Crippen LogP contribution in [0.5, 0.6) is 0 Å².